The molecule has 2 aromatic carbocycles. The van der Waals surface area contributed by atoms with Crippen molar-refractivity contribution in [3.05, 3.63) is 63.5 Å². The Bertz CT molecular complexity index is 1040. The van der Waals surface area contributed by atoms with Crippen molar-refractivity contribution >= 4 is 46.6 Å². The third-order valence-electron chi connectivity index (χ3n) is 4.28. The fraction of sp³-hybridized carbons (Fsp3) is 0.190. The molecule has 0 aromatic heterocycles. The zero-order valence-corrected chi connectivity index (χ0v) is 17.7. The molecule has 1 saturated heterocycles. The van der Waals surface area contributed by atoms with Gasteiger partial charge in [0.2, 0.25) is 0 Å². The first-order chi connectivity index (χ1) is 14.3. The fourth-order valence-electron chi connectivity index (χ4n) is 2.69. The van der Waals surface area contributed by atoms with Gasteiger partial charge in [0, 0.05) is 5.02 Å². The van der Waals surface area contributed by atoms with Gasteiger partial charge in [-0.1, -0.05) is 35.9 Å². The molecular weight excluding hydrogens is 430 g/mol. The Balaban J connectivity index is 1.81. The molecule has 2 amide bonds. The van der Waals surface area contributed by atoms with E-state index in [1.807, 2.05) is 0 Å². The van der Waals surface area contributed by atoms with Gasteiger partial charge in [0.05, 0.1) is 24.5 Å². The number of amides is 2. The highest BCUT2D eigenvalue weighted by Gasteiger charge is 2.35. The second kappa shape index (κ2) is 9.23. The monoisotopic (exact) mass is 446 g/mol. The van der Waals surface area contributed by atoms with Crippen LogP contribution in [0.15, 0.2) is 47.4 Å². The topological polar surface area (TPSA) is 96.0 Å². The van der Waals surface area contributed by atoms with E-state index in [0.717, 1.165) is 16.7 Å². The highest BCUT2D eigenvalue weighted by molar-refractivity contribution is 8.18. The molecule has 1 atom stereocenters. The highest BCUT2D eigenvalue weighted by Crippen LogP contribution is 2.36. The summed E-state index contributed by atoms with van der Waals surface area (Å²) in [6.45, 7) is 1.43. The Kier molecular flexibility index (Phi) is 6.69. The van der Waals surface area contributed by atoms with Gasteiger partial charge in [0.25, 0.3) is 11.1 Å². The molecule has 3 rings (SSSR count). The van der Waals surface area contributed by atoms with Crippen molar-refractivity contribution in [2.45, 2.75) is 19.6 Å². The Labute approximate surface area is 182 Å². The van der Waals surface area contributed by atoms with Crippen LogP contribution in [0.3, 0.4) is 0 Å². The number of carbonyl (C=O) groups is 3. The van der Waals surface area contributed by atoms with Crippen molar-refractivity contribution < 1.29 is 29.0 Å². The van der Waals surface area contributed by atoms with Crippen molar-refractivity contribution in [1.29, 1.82) is 0 Å². The van der Waals surface area contributed by atoms with Gasteiger partial charge in [0.1, 0.15) is 6.10 Å². The summed E-state index contributed by atoms with van der Waals surface area (Å²) in [4.78, 5) is 37.3. The molecule has 1 aliphatic heterocycles. The molecule has 0 bridgehead atoms. The van der Waals surface area contributed by atoms with E-state index in [1.165, 1.54) is 20.1 Å². The number of nitrogens with zero attached hydrogens (tertiary/aromatic N) is 1. The summed E-state index contributed by atoms with van der Waals surface area (Å²) in [7, 11) is 1.41. The Morgan fingerprint density at radius 1 is 1.23 bits per heavy atom. The molecule has 7 nitrogen and oxygen atoms in total. The summed E-state index contributed by atoms with van der Waals surface area (Å²) < 4.78 is 10.5. The molecule has 156 valence electrons. The zero-order valence-electron chi connectivity index (χ0n) is 16.1. The number of ether oxygens (including phenoxy) is 2. The predicted molar refractivity (Wildman–Crippen MR) is 111 cm³/mol. The van der Waals surface area contributed by atoms with Crippen LogP contribution in [0.1, 0.15) is 18.1 Å². The minimum absolute atomic E-state index is 0.0822. The quantitative estimate of drug-likeness (QED) is 0.603. The zero-order chi connectivity index (χ0) is 21.8. The van der Waals surface area contributed by atoms with E-state index in [1.54, 1.807) is 42.5 Å². The lowest BCUT2D eigenvalue weighted by molar-refractivity contribution is -0.312. The number of thioether (sulfide) groups is 1. The summed E-state index contributed by atoms with van der Waals surface area (Å²) in [6.07, 6.45) is 0.400. The molecular formula is C21H17ClNO6S-. The minimum atomic E-state index is -1.35. The summed E-state index contributed by atoms with van der Waals surface area (Å²) in [5.41, 5.74) is 1.26. The SMILES string of the molecule is COc1cc(/C=C2/SC(=O)N(Cc3ccccc3Cl)C2=O)ccc1O[C@H](C)C(=O)[O-]. The largest absolute Gasteiger partial charge is 0.546 e. The van der Waals surface area contributed by atoms with Crippen molar-refractivity contribution in [1.82, 2.24) is 4.90 Å². The van der Waals surface area contributed by atoms with Gasteiger partial charge in [-0.05, 0) is 54.1 Å². The summed E-state index contributed by atoms with van der Waals surface area (Å²) in [6, 6.07) is 11.7. The smallest absolute Gasteiger partial charge is 0.293 e. The highest BCUT2D eigenvalue weighted by atomic mass is 35.5. The number of carbonyl (C=O) groups excluding carboxylic acids is 3. The average molecular weight is 447 g/mol. The number of halogens is 1. The normalized spacial score (nSPS) is 16.1. The van der Waals surface area contributed by atoms with Gasteiger partial charge in [-0.3, -0.25) is 14.5 Å². The standard InChI is InChI=1S/C21H18ClNO6S/c1-12(20(25)26)29-16-8-7-13(9-17(16)28-2)10-18-19(24)23(21(27)30-18)11-14-5-3-4-6-15(14)22/h3-10,12H,11H2,1-2H3,(H,25,26)/p-1/b18-10+/t12-/m1/s1. The number of imide groups is 1. The number of carboxylic acid groups (broad SMARTS) is 1. The maximum Gasteiger partial charge on any atom is 0.293 e. The molecule has 0 saturated carbocycles. The second-order valence-corrected chi connectivity index (χ2v) is 7.75. The van der Waals surface area contributed by atoms with E-state index < -0.39 is 18.0 Å². The molecule has 9 heteroatoms. The first kappa shape index (κ1) is 21.7. The average Bonchev–Trinajstić information content (AvgIpc) is 2.97. The maximum absolute atomic E-state index is 12.7. The molecule has 1 heterocycles. The predicted octanol–water partition coefficient (Wildman–Crippen LogP) is 3.10. The van der Waals surface area contributed by atoms with Gasteiger partial charge in [-0.2, -0.15) is 0 Å². The summed E-state index contributed by atoms with van der Waals surface area (Å²) in [5, 5.41) is 11.0. The lowest BCUT2D eigenvalue weighted by Gasteiger charge is -2.17. The summed E-state index contributed by atoms with van der Waals surface area (Å²) in [5.74, 6) is -1.27. The molecule has 1 aliphatic rings. The van der Waals surface area contributed by atoms with Crippen LogP contribution >= 0.6 is 23.4 Å². The van der Waals surface area contributed by atoms with Gasteiger partial charge < -0.3 is 19.4 Å². The van der Waals surface area contributed by atoms with Gasteiger partial charge in [0.15, 0.2) is 11.5 Å². The second-order valence-electron chi connectivity index (χ2n) is 6.35. The van der Waals surface area contributed by atoms with E-state index in [2.05, 4.69) is 0 Å². The lowest BCUT2D eigenvalue weighted by atomic mass is 10.1. The van der Waals surface area contributed by atoms with E-state index in [-0.39, 0.29) is 28.2 Å². The number of hydrogen-bond donors (Lipinski definition) is 0. The molecule has 0 aliphatic carbocycles. The van der Waals surface area contributed by atoms with Gasteiger partial charge in [-0.15, -0.1) is 0 Å². The summed E-state index contributed by atoms with van der Waals surface area (Å²) >= 11 is 6.96. The van der Waals surface area contributed by atoms with Crippen molar-refractivity contribution in [2.24, 2.45) is 0 Å². The van der Waals surface area contributed by atoms with Crippen LogP contribution in [0.25, 0.3) is 6.08 Å². The van der Waals surface area contributed by atoms with E-state index in [0.29, 0.717) is 16.1 Å². The van der Waals surface area contributed by atoms with Crippen LogP contribution in [-0.4, -0.2) is 35.2 Å². The van der Waals surface area contributed by atoms with Crippen LogP contribution < -0.4 is 14.6 Å². The third kappa shape index (κ3) is 4.77. The first-order valence-corrected chi connectivity index (χ1v) is 10.0. The number of methoxy groups -OCH3 is 1. The Hall–Kier alpha value is -2.97. The number of benzene rings is 2. The molecule has 30 heavy (non-hydrogen) atoms. The van der Waals surface area contributed by atoms with Crippen molar-refractivity contribution in [3.8, 4) is 11.5 Å². The molecule has 1 fully saturated rings. The van der Waals surface area contributed by atoms with E-state index in [4.69, 9.17) is 21.1 Å². The number of rotatable bonds is 7. The van der Waals surface area contributed by atoms with Crippen molar-refractivity contribution in [2.75, 3.05) is 7.11 Å². The van der Waals surface area contributed by atoms with Crippen LogP contribution in [0.5, 0.6) is 11.5 Å². The molecule has 0 spiro atoms. The molecule has 0 radical (unpaired) electrons. The van der Waals surface area contributed by atoms with E-state index in [9.17, 15) is 19.5 Å². The van der Waals surface area contributed by atoms with Crippen LogP contribution in [0.4, 0.5) is 4.79 Å². The first-order valence-electron chi connectivity index (χ1n) is 8.84. The number of carboxylic acids is 1. The van der Waals surface area contributed by atoms with Crippen LogP contribution in [0, 0.1) is 0 Å². The van der Waals surface area contributed by atoms with Crippen LogP contribution in [-0.2, 0) is 16.1 Å². The molecule has 2 aromatic rings. The van der Waals surface area contributed by atoms with E-state index >= 15 is 0 Å². The minimum Gasteiger partial charge on any atom is -0.546 e. The number of aliphatic carboxylic acids is 1. The Morgan fingerprint density at radius 3 is 2.63 bits per heavy atom. The molecule has 0 N–H and O–H groups in total. The fourth-order valence-corrected chi connectivity index (χ4v) is 3.73. The van der Waals surface area contributed by atoms with Crippen LogP contribution in [0.2, 0.25) is 5.02 Å². The molecule has 0 unspecified atom stereocenters. The Morgan fingerprint density at radius 2 is 1.97 bits per heavy atom. The van der Waals surface area contributed by atoms with Gasteiger partial charge >= 0.3 is 0 Å². The van der Waals surface area contributed by atoms with Gasteiger partial charge in [-0.25, -0.2) is 0 Å². The number of hydrogen-bond acceptors (Lipinski definition) is 7. The van der Waals surface area contributed by atoms with Crippen molar-refractivity contribution in [3.63, 3.8) is 0 Å². The third-order valence-corrected chi connectivity index (χ3v) is 5.56. The lowest BCUT2D eigenvalue weighted by Crippen LogP contribution is -2.37. The maximum atomic E-state index is 12.7.